The second kappa shape index (κ2) is 7.59. The number of rotatable bonds is 8. The van der Waals surface area contributed by atoms with Crippen LogP contribution < -0.4 is 9.63 Å². The Hall–Kier alpha value is 0.314. The summed E-state index contributed by atoms with van der Waals surface area (Å²) in [5, 5.41) is 0. The Bertz CT molecular complexity index is 135. The van der Waals surface area contributed by atoms with Crippen LogP contribution in [-0.4, -0.2) is 31.3 Å². The molecule has 0 saturated heterocycles. The molecule has 0 radical (unpaired) electrons. The predicted molar refractivity (Wildman–Crippen MR) is 68.2 cm³/mol. The van der Waals surface area contributed by atoms with Crippen LogP contribution in [0.2, 0.25) is 18.1 Å². The minimum absolute atomic E-state index is 0.999. The molecule has 0 saturated carbocycles. The lowest BCUT2D eigenvalue weighted by Crippen LogP contribution is -2.62. The molecule has 1 atom stereocenters. The second-order valence-electron chi connectivity index (χ2n) is 3.66. The largest absolute Gasteiger partial charge is 0.398 e. The fourth-order valence-corrected chi connectivity index (χ4v) is 9.30. The van der Waals surface area contributed by atoms with Crippen LogP contribution in [0, 0.1) is 0 Å². The van der Waals surface area contributed by atoms with Crippen molar-refractivity contribution >= 4 is 17.6 Å². The third-order valence-corrected chi connectivity index (χ3v) is 11.9. The van der Waals surface area contributed by atoms with Gasteiger partial charge in [-0.3, -0.25) is 0 Å². The van der Waals surface area contributed by atoms with Gasteiger partial charge in [0.25, 0.3) is 0 Å². The summed E-state index contributed by atoms with van der Waals surface area (Å²) in [6, 6.07) is 3.91. The lowest BCUT2D eigenvalue weighted by atomic mass is 10.8. The maximum atomic E-state index is 5.50. The van der Waals surface area contributed by atoms with E-state index in [9.17, 15) is 0 Å². The molecule has 0 heterocycles. The lowest BCUT2D eigenvalue weighted by molar-refractivity contribution is 0.402. The summed E-state index contributed by atoms with van der Waals surface area (Å²) in [6.07, 6.45) is 0. The molecule has 0 bridgehead atoms. The minimum atomic E-state index is -1.33. The van der Waals surface area contributed by atoms with Crippen LogP contribution in [0.1, 0.15) is 27.7 Å². The van der Waals surface area contributed by atoms with Crippen molar-refractivity contribution in [2.45, 2.75) is 45.8 Å². The first kappa shape index (κ1) is 14.3. The van der Waals surface area contributed by atoms with Crippen molar-refractivity contribution in [1.29, 1.82) is 0 Å². The molecule has 0 rings (SSSR count). The molecule has 0 spiro atoms. The summed E-state index contributed by atoms with van der Waals surface area (Å²) in [7, 11) is -0.731. The van der Waals surface area contributed by atoms with E-state index in [4.69, 9.17) is 4.43 Å². The van der Waals surface area contributed by atoms with Crippen LogP contribution in [0.25, 0.3) is 0 Å². The van der Waals surface area contributed by atoms with Gasteiger partial charge in [-0.15, -0.1) is 0 Å². The van der Waals surface area contributed by atoms with Gasteiger partial charge >= 0.3 is 9.36 Å². The average Bonchev–Trinajstić information content (AvgIpc) is 2.25. The standard InChI is InChI=1S/C9H26N2OSi2/c1-6-10-13(12-5)11-14(7-2,8-3)9-4/h10-11,13H,6-9H2,1-5H3. The molecule has 0 fully saturated rings. The van der Waals surface area contributed by atoms with E-state index in [-0.39, 0.29) is 0 Å². The molecule has 0 aliphatic heterocycles. The monoisotopic (exact) mass is 234 g/mol. The lowest BCUT2D eigenvalue weighted by Gasteiger charge is -2.32. The molecule has 0 amide bonds. The van der Waals surface area contributed by atoms with E-state index in [2.05, 4.69) is 37.3 Å². The smallest absolute Gasteiger partial charge is 0.328 e. The third-order valence-electron chi connectivity index (χ3n) is 3.09. The van der Waals surface area contributed by atoms with Crippen LogP contribution in [0.4, 0.5) is 0 Å². The fraction of sp³-hybridized carbons (Fsp3) is 1.00. The van der Waals surface area contributed by atoms with E-state index in [1.165, 1.54) is 18.1 Å². The van der Waals surface area contributed by atoms with Crippen molar-refractivity contribution in [1.82, 2.24) is 9.63 Å². The van der Waals surface area contributed by atoms with E-state index >= 15 is 0 Å². The van der Waals surface area contributed by atoms with Crippen LogP contribution in [0.5, 0.6) is 0 Å². The molecular formula is C9H26N2OSi2. The van der Waals surface area contributed by atoms with Gasteiger partial charge in [0.15, 0.2) is 0 Å². The van der Waals surface area contributed by atoms with Gasteiger partial charge in [-0.25, -0.2) is 0 Å². The van der Waals surface area contributed by atoms with Crippen molar-refractivity contribution in [3.63, 3.8) is 0 Å². The van der Waals surface area contributed by atoms with Crippen molar-refractivity contribution in [3.05, 3.63) is 0 Å². The van der Waals surface area contributed by atoms with E-state index in [1.807, 2.05) is 7.11 Å². The van der Waals surface area contributed by atoms with Gasteiger partial charge in [-0.05, 0) is 24.7 Å². The normalized spacial score (nSPS) is 14.4. The molecule has 1 unspecified atom stereocenters. The Balaban J connectivity index is 4.24. The summed E-state index contributed by atoms with van der Waals surface area (Å²) in [6.45, 7) is 10.0. The summed E-state index contributed by atoms with van der Waals surface area (Å²) < 4.78 is 9.31. The Morgan fingerprint density at radius 1 is 1.07 bits per heavy atom. The van der Waals surface area contributed by atoms with Gasteiger partial charge in [-0.1, -0.05) is 27.7 Å². The van der Waals surface area contributed by atoms with E-state index < -0.39 is 17.6 Å². The zero-order chi connectivity index (χ0) is 11.0. The Labute approximate surface area is 91.6 Å². The Morgan fingerprint density at radius 3 is 1.86 bits per heavy atom. The first-order chi connectivity index (χ1) is 6.67. The zero-order valence-corrected chi connectivity index (χ0v) is 12.5. The molecule has 3 nitrogen and oxygen atoms in total. The predicted octanol–water partition coefficient (Wildman–Crippen LogP) is 1.55. The maximum absolute atomic E-state index is 5.50. The van der Waals surface area contributed by atoms with Gasteiger partial charge < -0.3 is 14.1 Å². The molecule has 5 heteroatoms. The summed E-state index contributed by atoms with van der Waals surface area (Å²) >= 11 is 0. The highest BCUT2D eigenvalue weighted by Gasteiger charge is 2.30. The first-order valence-corrected chi connectivity index (χ1v) is 9.96. The average molecular weight is 234 g/mol. The summed E-state index contributed by atoms with van der Waals surface area (Å²) in [5.74, 6) is 0. The first-order valence-electron chi connectivity index (χ1n) is 5.71. The van der Waals surface area contributed by atoms with Crippen LogP contribution in [0.15, 0.2) is 0 Å². The van der Waals surface area contributed by atoms with Gasteiger partial charge in [0.1, 0.15) is 8.24 Å². The highest BCUT2D eigenvalue weighted by atomic mass is 28.4. The van der Waals surface area contributed by atoms with E-state index in [1.54, 1.807) is 0 Å². The third kappa shape index (κ3) is 4.23. The number of nitrogens with one attached hydrogen (secondary N) is 2. The summed E-state index contributed by atoms with van der Waals surface area (Å²) in [5.41, 5.74) is 0. The topological polar surface area (TPSA) is 33.3 Å². The van der Waals surface area contributed by atoms with Gasteiger partial charge in [0.05, 0.1) is 0 Å². The van der Waals surface area contributed by atoms with Gasteiger partial charge in [-0.2, -0.15) is 0 Å². The highest BCUT2D eigenvalue weighted by molar-refractivity contribution is 6.84. The number of hydrogen-bond acceptors (Lipinski definition) is 3. The molecule has 0 aliphatic rings. The highest BCUT2D eigenvalue weighted by Crippen LogP contribution is 2.16. The molecular weight excluding hydrogens is 208 g/mol. The molecule has 2 N–H and O–H groups in total. The van der Waals surface area contributed by atoms with E-state index in [0.717, 1.165) is 6.54 Å². The summed E-state index contributed by atoms with van der Waals surface area (Å²) in [4.78, 5) is 3.43. The second-order valence-corrected chi connectivity index (χ2v) is 11.1. The Kier molecular flexibility index (Phi) is 7.76. The fourth-order valence-electron chi connectivity index (χ4n) is 1.71. The SMILES string of the molecule is CCN[SiH](N[Si](CC)(CC)CC)OC. The van der Waals surface area contributed by atoms with Gasteiger partial charge in [0.2, 0.25) is 0 Å². The molecule has 0 aromatic rings. The molecule has 14 heavy (non-hydrogen) atoms. The van der Waals surface area contributed by atoms with Gasteiger partial charge in [0, 0.05) is 7.11 Å². The zero-order valence-electron chi connectivity index (χ0n) is 10.3. The van der Waals surface area contributed by atoms with Crippen molar-refractivity contribution < 1.29 is 4.43 Å². The quantitative estimate of drug-likeness (QED) is 0.625. The van der Waals surface area contributed by atoms with Crippen LogP contribution in [-0.2, 0) is 4.43 Å². The maximum Gasteiger partial charge on any atom is 0.328 e. The van der Waals surface area contributed by atoms with Crippen molar-refractivity contribution in [3.8, 4) is 0 Å². The van der Waals surface area contributed by atoms with Crippen LogP contribution in [0.3, 0.4) is 0 Å². The van der Waals surface area contributed by atoms with Crippen LogP contribution >= 0.6 is 0 Å². The molecule has 86 valence electrons. The van der Waals surface area contributed by atoms with Crippen molar-refractivity contribution in [2.24, 2.45) is 0 Å². The Morgan fingerprint density at radius 2 is 1.57 bits per heavy atom. The minimum Gasteiger partial charge on any atom is -0.398 e. The van der Waals surface area contributed by atoms with Crippen molar-refractivity contribution in [2.75, 3.05) is 13.7 Å². The molecule has 0 aliphatic carbocycles. The van der Waals surface area contributed by atoms with E-state index in [0.29, 0.717) is 0 Å². The number of hydrogen-bond donors (Lipinski definition) is 2. The molecule has 0 aromatic heterocycles. The molecule has 0 aromatic carbocycles.